The second-order valence-electron chi connectivity index (χ2n) is 6.33. The molecule has 0 bridgehead atoms. The molecule has 0 saturated heterocycles. The van der Waals surface area contributed by atoms with Crippen LogP contribution in [0.25, 0.3) is 0 Å². The molecule has 19 heavy (non-hydrogen) atoms. The van der Waals surface area contributed by atoms with E-state index in [-0.39, 0.29) is 5.84 Å². The van der Waals surface area contributed by atoms with E-state index in [4.69, 9.17) is 11.1 Å². The average molecular weight is 260 g/mol. The van der Waals surface area contributed by atoms with E-state index < -0.39 is 0 Å². The predicted octanol–water partition coefficient (Wildman–Crippen LogP) is 2.77. The molecular formula is C15H24N4. The van der Waals surface area contributed by atoms with E-state index >= 15 is 0 Å². The number of hydrogen-bond donors (Lipinski definition) is 2. The second kappa shape index (κ2) is 5.19. The monoisotopic (exact) mass is 260 g/mol. The Morgan fingerprint density at radius 3 is 2.47 bits per heavy atom. The molecule has 1 aliphatic carbocycles. The molecule has 0 atom stereocenters. The molecule has 4 nitrogen and oxygen atoms in total. The molecule has 0 aromatic carbocycles. The molecule has 1 aliphatic rings. The summed E-state index contributed by atoms with van der Waals surface area (Å²) in [6.07, 6.45) is 6.67. The lowest BCUT2D eigenvalue weighted by Crippen LogP contribution is -2.37. The maximum atomic E-state index is 7.38. The normalized spacial score (nSPS) is 19.1. The van der Waals surface area contributed by atoms with Crippen LogP contribution in [-0.4, -0.2) is 23.9 Å². The van der Waals surface area contributed by atoms with Gasteiger partial charge in [0.2, 0.25) is 0 Å². The number of nitrogens with zero attached hydrogens (tertiary/aromatic N) is 2. The molecule has 0 unspecified atom stereocenters. The molecule has 1 aromatic heterocycles. The smallest absolute Gasteiger partial charge is 0.128 e. The summed E-state index contributed by atoms with van der Waals surface area (Å²) in [4.78, 5) is 6.68. The number of rotatable bonds is 3. The number of nitrogens with two attached hydrogens (primary N) is 1. The number of hydrogen-bond acceptors (Lipinski definition) is 3. The van der Waals surface area contributed by atoms with Crippen molar-refractivity contribution >= 4 is 11.7 Å². The molecule has 0 spiro atoms. The Kier molecular flexibility index (Phi) is 3.78. The van der Waals surface area contributed by atoms with Crippen molar-refractivity contribution in [2.75, 3.05) is 11.9 Å². The number of aromatic nitrogens is 1. The van der Waals surface area contributed by atoms with Crippen LogP contribution in [0.5, 0.6) is 0 Å². The minimum Gasteiger partial charge on any atom is -0.384 e. The lowest BCUT2D eigenvalue weighted by molar-refractivity contribution is 0.222. The van der Waals surface area contributed by atoms with Crippen molar-refractivity contribution in [2.24, 2.45) is 11.1 Å². The minimum atomic E-state index is 0.0705. The molecule has 0 amide bonds. The number of anilines is 1. The van der Waals surface area contributed by atoms with Gasteiger partial charge in [-0.2, -0.15) is 0 Å². The molecule has 0 aliphatic heterocycles. The molecular weight excluding hydrogens is 236 g/mol. The molecule has 4 heteroatoms. The first-order valence-corrected chi connectivity index (χ1v) is 6.92. The summed E-state index contributed by atoms with van der Waals surface area (Å²) in [6, 6.07) is 4.40. The van der Waals surface area contributed by atoms with Gasteiger partial charge in [-0.05, 0) is 43.2 Å². The third kappa shape index (κ3) is 3.25. The number of nitrogen functional groups attached to an aromatic ring is 1. The van der Waals surface area contributed by atoms with Crippen molar-refractivity contribution in [2.45, 2.75) is 45.6 Å². The summed E-state index contributed by atoms with van der Waals surface area (Å²) in [5.74, 6) is 1.04. The van der Waals surface area contributed by atoms with Crippen LogP contribution in [0.15, 0.2) is 18.3 Å². The van der Waals surface area contributed by atoms with Crippen molar-refractivity contribution in [3.05, 3.63) is 23.9 Å². The van der Waals surface area contributed by atoms with E-state index in [9.17, 15) is 0 Å². The fraction of sp³-hybridized carbons (Fsp3) is 0.600. The van der Waals surface area contributed by atoms with Gasteiger partial charge in [-0.1, -0.05) is 13.8 Å². The number of nitrogens with one attached hydrogen (secondary N) is 1. The number of amidine groups is 1. The van der Waals surface area contributed by atoms with Gasteiger partial charge in [-0.15, -0.1) is 0 Å². The Morgan fingerprint density at radius 2 is 2.00 bits per heavy atom. The molecule has 1 heterocycles. The highest BCUT2D eigenvalue weighted by Gasteiger charge is 2.29. The van der Waals surface area contributed by atoms with E-state index in [1.165, 1.54) is 25.7 Å². The third-order valence-electron chi connectivity index (χ3n) is 4.28. The predicted molar refractivity (Wildman–Crippen MR) is 79.7 cm³/mol. The fourth-order valence-electron chi connectivity index (χ4n) is 2.71. The maximum absolute atomic E-state index is 7.38. The Hall–Kier alpha value is -1.58. The van der Waals surface area contributed by atoms with Crippen molar-refractivity contribution in [1.82, 2.24) is 4.98 Å². The van der Waals surface area contributed by atoms with Gasteiger partial charge in [0.25, 0.3) is 0 Å². The average Bonchev–Trinajstić information content (AvgIpc) is 2.38. The Bertz CT molecular complexity index is 440. The van der Waals surface area contributed by atoms with E-state index in [1.54, 1.807) is 6.20 Å². The van der Waals surface area contributed by atoms with Gasteiger partial charge in [0, 0.05) is 24.8 Å². The van der Waals surface area contributed by atoms with Crippen LogP contribution in [0.1, 0.15) is 45.1 Å². The Morgan fingerprint density at radius 1 is 1.37 bits per heavy atom. The Balaban J connectivity index is 2.03. The second-order valence-corrected chi connectivity index (χ2v) is 6.33. The summed E-state index contributed by atoms with van der Waals surface area (Å²) >= 11 is 0. The molecule has 0 radical (unpaired) electrons. The first-order chi connectivity index (χ1) is 8.89. The van der Waals surface area contributed by atoms with E-state index in [1.807, 2.05) is 12.1 Å². The molecule has 1 aromatic rings. The lowest BCUT2D eigenvalue weighted by atomic mass is 9.75. The van der Waals surface area contributed by atoms with Crippen LogP contribution in [0.2, 0.25) is 0 Å². The van der Waals surface area contributed by atoms with Crippen molar-refractivity contribution in [1.29, 1.82) is 5.41 Å². The van der Waals surface area contributed by atoms with Crippen molar-refractivity contribution in [3.8, 4) is 0 Å². The van der Waals surface area contributed by atoms with Crippen LogP contribution in [0.4, 0.5) is 5.82 Å². The van der Waals surface area contributed by atoms with Gasteiger partial charge < -0.3 is 10.6 Å². The Labute approximate surface area is 115 Å². The summed E-state index contributed by atoms with van der Waals surface area (Å²) in [5.41, 5.74) is 6.61. The zero-order chi connectivity index (χ0) is 14.0. The van der Waals surface area contributed by atoms with E-state index in [0.717, 1.165) is 5.82 Å². The largest absolute Gasteiger partial charge is 0.384 e. The van der Waals surface area contributed by atoms with Gasteiger partial charge >= 0.3 is 0 Å². The molecule has 3 N–H and O–H groups in total. The SMILES string of the molecule is CN(c1ccc(C(=N)N)cn1)C1CCC(C)(C)CC1. The van der Waals surface area contributed by atoms with Gasteiger partial charge in [-0.3, -0.25) is 5.41 Å². The quantitative estimate of drug-likeness (QED) is 0.648. The minimum absolute atomic E-state index is 0.0705. The summed E-state index contributed by atoms with van der Waals surface area (Å²) in [5, 5.41) is 7.38. The topological polar surface area (TPSA) is 66.0 Å². The lowest BCUT2D eigenvalue weighted by Gasteiger charge is -2.39. The zero-order valence-electron chi connectivity index (χ0n) is 12.1. The molecule has 1 fully saturated rings. The van der Waals surface area contributed by atoms with Gasteiger partial charge in [0.05, 0.1) is 0 Å². The van der Waals surface area contributed by atoms with E-state index in [2.05, 4.69) is 30.8 Å². The van der Waals surface area contributed by atoms with Gasteiger partial charge in [0.15, 0.2) is 0 Å². The highest BCUT2D eigenvalue weighted by Crippen LogP contribution is 2.37. The van der Waals surface area contributed by atoms with Crippen LogP contribution >= 0.6 is 0 Å². The van der Waals surface area contributed by atoms with Gasteiger partial charge in [-0.25, -0.2) is 4.98 Å². The standard InChI is InChI=1S/C15H24N4/c1-15(2)8-6-12(7-9-15)19(3)13-5-4-11(10-18-13)14(16)17/h4-5,10,12H,6-9H2,1-3H3,(H3,16,17). The zero-order valence-corrected chi connectivity index (χ0v) is 12.1. The molecule has 2 rings (SSSR count). The maximum Gasteiger partial charge on any atom is 0.128 e. The van der Waals surface area contributed by atoms with Crippen molar-refractivity contribution < 1.29 is 0 Å². The summed E-state index contributed by atoms with van der Waals surface area (Å²) in [6.45, 7) is 4.70. The van der Waals surface area contributed by atoms with Crippen LogP contribution < -0.4 is 10.6 Å². The first-order valence-electron chi connectivity index (χ1n) is 6.92. The van der Waals surface area contributed by atoms with Crippen molar-refractivity contribution in [3.63, 3.8) is 0 Å². The number of pyridine rings is 1. The highest BCUT2D eigenvalue weighted by molar-refractivity contribution is 5.94. The first kappa shape index (κ1) is 13.8. The van der Waals surface area contributed by atoms with E-state index in [0.29, 0.717) is 17.0 Å². The van der Waals surface area contributed by atoms with Crippen LogP contribution in [0, 0.1) is 10.8 Å². The van der Waals surface area contributed by atoms with Crippen LogP contribution in [-0.2, 0) is 0 Å². The summed E-state index contributed by atoms with van der Waals surface area (Å²) in [7, 11) is 2.11. The summed E-state index contributed by atoms with van der Waals surface area (Å²) < 4.78 is 0. The van der Waals surface area contributed by atoms with Gasteiger partial charge in [0.1, 0.15) is 11.7 Å². The highest BCUT2D eigenvalue weighted by atomic mass is 15.2. The molecule has 1 saturated carbocycles. The van der Waals surface area contributed by atoms with Crippen LogP contribution in [0.3, 0.4) is 0 Å². The third-order valence-corrected chi connectivity index (χ3v) is 4.28. The fourth-order valence-corrected chi connectivity index (χ4v) is 2.71. The molecule has 104 valence electrons.